The summed E-state index contributed by atoms with van der Waals surface area (Å²) in [6, 6.07) is -1.18. The molecule has 1 rings (SSSR count). The summed E-state index contributed by atoms with van der Waals surface area (Å²) in [5.74, 6) is -0.700. The van der Waals surface area contributed by atoms with Crippen LogP contribution in [0.25, 0.3) is 0 Å². The number of rotatable bonds is 52. The van der Waals surface area contributed by atoms with Crippen LogP contribution in [-0.4, -0.2) is 110 Å². The third-order valence-corrected chi connectivity index (χ3v) is 14.8. The van der Waals surface area contributed by atoms with Gasteiger partial charge in [0, 0.05) is 0 Å². The summed E-state index contributed by atoms with van der Waals surface area (Å²) in [5.41, 5.74) is 0. The SMILES string of the molecule is CCCCCCCCCCCCCCCCCCC/C=C/CCCC(O)C(O)C(COC1OC(CO)C(O)C(O)C1O)NC(=O)C(O)CCCCCCCCCCCCCCCCCCCCCCC. The molecule has 11 heteroatoms. The molecule has 1 heterocycles. The van der Waals surface area contributed by atoms with Crippen molar-refractivity contribution < 1.29 is 50.0 Å². The number of ether oxygens (including phenoxy) is 2. The molecule has 0 aromatic heterocycles. The summed E-state index contributed by atoms with van der Waals surface area (Å²) in [7, 11) is 0. The van der Waals surface area contributed by atoms with Crippen LogP contribution in [0.4, 0.5) is 0 Å². The van der Waals surface area contributed by atoms with Crippen molar-refractivity contribution in [2.45, 2.75) is 345 Å². The largest absolute Gasteiger partial charge is 0.394 e. The summed E-state index contributed by atoms with van der Waals surface area (Å²) in [6.45, 7) is 3.48. The molecule has 8 N–H and O–H groups in total. The van der Waals surface area contributed by atoms with Gasteiger partial charge in [0.05, 0.1) is 25.4 Å². The number of allylic oxidation sites excluding steroid dienone is 2. The number of hydrogen-bond acceptors (Lipinski definition) is 10. The zero-order valence-electron chi connectivity index (χ0n) is 45.5. The van der Waals surface area contributed by atoms with Crippen LogP contribution in [0.2, 0.25) is 0 Å². The van der Waals surface area contributed by atoms with Crippen LogP contribution in [0.15, 0.2) is 12.2 Å². The van der Waals surface area contributed by atoms with Gasteiger partial charge in [-0.15, -0.1) is 0 Å². The highest BCUT2D eigenvalue weighted by atomic mass is 16.7. The number of unbranched alkanes of at least 4 members (excludes halogenated alkanes) is 38. The van der Waals surface area contributed by atoms with Gasteiger partial charge >= 0.3 is 0 Å². The summed E-state index contributed by atoms with van der Waals surface area (Å²) in [6.07, 6.45) is 45.5. The summed E-state index contributed by atoms with van der Waals surface area (Å²) in [5, 5.41) is 76.2. The van der Waals surface area contributed by atoms with Gasteiger partial charge in [-0.25, -0.2) is 0 Å². The van der Waals surface area contributed by atoms with Crippen molar-refractivity contribution in [2.24, 2.45) is 0 Å². The van der Waals surface area contributed by atoms with Crippen LogP contribution in [-0.2, 0) is 14.3 Å². The second-order valence-electron chi connectivity index (χ2n) is 21.4. The molecule has 0 radical (unpaired) electrons. The highest BCUT2D eigenvalue weighted by Crippen LogP contribution is 2.23. The lowest BCUT2D eigenvalue weighted by atomic mass is 9.98. The lowest BCUT2D eigenvalue weighted by Crippen LogP contribution is -2.60. The van der Waals surface area contributed by atoms with Crippen molar-refractivity contribution in [1.29, 1.82) is 0 Å². The Morgan fingerprint density at radius 1 is 0.486 bits per heavy atom. The van der Waals surface area contributed by atoms with Gasteiger partial charge in [0.2, 0.25) is 5.91 Å². The minimum Gasteiger partial charge on any atom is -0.394 e. The molecule has 1 amide bonds. The van der Waals surface area contributed by atoms with E-state index in [2.05, 4.69) is 31.3 Å². The van der Waals surface area contributed by atoms with Crippen molar-refractivity contribution in [2.75, 3.05) is 13.2 Å². The first kappa shape index (κ1) is 66.9. The molecular weight excluding hydrogens is 883 g/mol. The second kappa shape index (κ2) is 48.8. The van der Waals surface area contributed by atoms with Crippen molar-refractivity contribution in [3.63, 3.8) is 0 Å². The Hall–Kier alpha value is -1.15. The van der Waals surface area contributed by atoms with E-state index < -0.39 is 74.2 Å². The summed E-state index contributed by atoms with van der Waals surface area (Å²) in [4.78, 5) is 13.2. The Balaban J connectivity index is 2.31. The summed E-state index contributed by atoms with van der Waals surface area (Å²) >= 11 is 0. The van der Waals surface area contributed by atoms with Crippen LogP contribution in [0, 0.1) is 0 Å². The Morgan fingerprint density at radius 3 is 1.23 bits per heavy atom. The van der Waals surface area contributed by atoms with E-state index in [0.29, 0.717) is 12.8 Å². The van der Waals surface area contributed by atoms with Gasteiger partial charge < -0.3 is 50.5 Å². The molecule has 416 valence electrons. The number of aliphatic hydroxyl groups excluding tert-OH is 7. The maximum atomic E-state index is 13.2. The van der Waals surface area contributed by atoms with E-state index in [4.69, 9.17) is 9.47 Å². The molecule has 1 aliphatic heterocycles. The van der Waals surface area contributed by atoms with Crippen LogP contribution in [0.1, 0.15) is 290 Å². The number of nitrogens with one attached hydrogen (secondary N) is 1. The molecule has 70 heavy (non-hydrogen) atoms. The Labute approximate surface area is 430 Å². The maximum absolute atomic E-state index is 13.2. The van der Waals surface area contributed by atoms with E-state index in [0.717, 1.165) is 38.5 Å². The van der Waals surface area contributed by atoms with E-state index in [9.17, 15) is 40.5 Å². The van der Waals surface area contributed by atoms with E-state index in [1.54, 1.807) is 0 Å². The van der Waals surface area contributed by atoms with Crippen LogP contribution in [0.3, 0.4) is 0 Å². The molecular formula is C59H115NO10. The topological polar surface area (TPSA) is 189 Å². The Morgan fingerprint density at radius 2 is 0.843 bits per heavy atom. The zero-order valence-corrected chi connectivity index (χ0v) is 45.5. The van der Waals surface area contributed by atoms with Gasteiger partial charge in [0.25, 0.3) is 0 Å². The molecule has 1 saturated heterocycles. The van der Waals surface area contributed by atoms with E-state index >= 15 is 0 Å². The van der Waals surface area contributed by atoms with Crippen LogP contribution < -0.4 is 5.32 Å². The smallest absolute Gasteiger partial charge is 0.249 e. The van der Waals surface area contributed by atoms with E-state index in [1.165, 1.54) is 212 Å². The molecule has 11 nitrogen and oxygen atoms in total. The van der Waals surface area contributed by atoms with Gasteiger partial charge in [-0.3, -0.25) is 4.79 Å². The van der Waals surface area contributed by atoms with Gasteiger partial charge in [-0.1, -0.05) is 264 Å². The minimum absolute atomic E-state index is 0.260. The molecule has 1 fully saturated rings. The van der Waals surface area contributed by atoms with Crippen molar-refractivity contribution in [3.05, 3.63) is 12.2 Å². The lowest BCUT2D eigenvalue weighted by molar-refractivity contribution is -0.303. The predicted molar refractivity (Wildman–Crippen MR) is 289 cm³/mol. The standard InChI is InChI=1S/C59H115NO10/c1-3-5-7-9-11-13-15-17-19-21-23-25-27-28-30-32-34-36-38-40-42-44-46-51(62)54(64)50(49-69-59-57(67)56(66)55(65)53(48-61)70-59)60-58(68)52(63)47-45-43-41-39-37-35-33-31-29-26-24-22-20-18-16-14-12-10-8-6-4-2/h38,40,50-57,59,61-67H,3-37,39,41-49H2,1-2H3,(H,60,68)/b40-38+. The zero-order chi connectivity index (χ0) is 51.1. The number of carbonyl (C=O) groups excluding carboxylic acids is 1. The molecule has 9 atom stereocenters. The quantitative estimate of drug-likeness (QED) is 0.0215. The molecule has 0 spiro atoms. The average molecular weight is 999 g/mol. The highest BCUT2D eigenvalue weighted by Gasteiger charge is 2.44. The highest BCUT2D eigenvalue weighted by molar-refractivity contribution is 5.80. The molecule has 0 aromatic rings. The number of aliphatic hydroxyl groups is 7. The van der Waals surface area contributed by atoms with Crippen LogP contribution in [0.5, 0.6) is 0 Å². The number of hydrogen-bond donors (Lipinski definition) is 8. The molecule has 0 bridgehead atoms. The van der Waals surface area contributed by atoms with E-state index in [1.807, 2.05) is 0 Å². The Bertz CT molecular complexity index is 1140. The normalized spacial score (nSPS) is 20.3. The van der Waals surface area contributed by atoms with Gasteiger partial charge in [-0.2, -0.15) is 0 Å². The third-order valence-electron chi connectivity index (χ3n) is 14.8. The number of carbonyl (C=O) groups is 1. The molecule has 0 aliphatic carbocycles. The first-order valence-corrected chi connectivity index (χ1v) is 30.1. The minimum atomic E-state index is -1.67. The van der Waals surface area contributed by atoms with Crippen molar-refractivity contribution in [3.8, 4) is 0 Å². The predicted octanol–water partition coefficient (Wildman–Crippen LogP) is 12.7. The van der Waals surface area contributed by atoms with Crippen LogP contribution >= 0.6 is 0 Å². The van der Waals surface area contributed by atoms with Crippen molar-refractivity contribution in [1.82, 2.24) is 5.32 Å². The third kappa shape index (κ3) is 36.7. The number of amides is 1. The molecule has 1 aliphatic rings. The fourth-order valence-corrected chi connectivity index (χ4v) is 9.92. The monoisotopic (exact) mass is 998 g/mol. The molecule has 0 saturated carbocycles. The van der Waals surface area contributed by atoms with E-state index in [-0.39, 0.29) is 12.8 Å². The van der Waals surface area contributed by atoms with Gasteiger partial charge in [0.15, 0.2) is 6.29 Å². The first-order valence-electron chi connectivity index (χ1n) is 30.1. The fraction of sp³-hybridized carbons (Fsp3) is 0.949. The second-order valence-corrected chi connectivity index (χ2v) is 21.4. The Kier molecular flexibility index (Phi) is 46.6. The van der Waals surface area contributed by atoms with Gasteiger partial charge in [-0.05, 0) is 38.5 Å². The maximum Gasteiger partial charge on any atom is 0.249 e. The van der Waals surface area contributed by atoms with Gasteiger partial charge in [0.1, 0.15) is 36.6 Å². The average Bonchev–Trinajstić information content (AvgIpc) is 3.36. The lowest BCUT2D eigenvalue weighted by Gasteiger charge is -2.40. The summed E-state index contributed by atoms with van der Waals surface area (Å²) < 4.78 is 11.1. The molecule has 0 aromatic carbocycles. The molecule has 9 unspecified atom stereocenters. The fourth-order valence-electron chi connectivity index (χ4n) is 9.92. The first-order chi connectivity index (χ1) is 34.2. The van der Waals surface area contributed by atoms with Crippen molar-refractivity contribution >= 4 is 5.91 Å².